The van der Waals surface area contributed by atoms with Gasteiger partial charge in [0.1, 0.15) is 0 Å². The zero-order valence-electron chi connectivity index (χ0n) is 27.4. The van der Waals surface area contributed by atoms with E-state index in [9.17, 15) is 5.26 Å². The van der Waals surface area contributed by atoms with Gasteiger partial charge in [0.25, 0.3) is 0 Å². The first-order valence-corrected chi connectivity index (χ1v) is 17.8. The molecule has 0 saturated carbocycles. The minimum atomic E-state index is 0.256. The molecule has 2 aliphatic carbocycles. The summed E-state index contributed by atoms with van der Waals surface area (Å²) in [5, 5.41) is 17.6. The van der Waals surface area contributed by atoms with Crippen LogP contribution in [0.2, 0.25) is 0 Å². The summed E-state index contributed by atoms with van der Waals surface area (Å²) in [7, 11) is 0. The van der Waals surface area contributed by atoms with Crippen LogP contribution in [0.5, 0.6) is 0 Å². The first-order chi connectivity index (χ1) is 23.7. The lowest BCUT2D eigenvalue weighted by atomic mass is 9.74. The maximum atomic E-state index is 9.98. The Balaban J connectivity index is 1.23. The van der Waals surface area contributed by atoms with E-state index in [1.165, 1.54) is 75.5 Å². The quantitative estimate of drug-likeness (QED) is 0.298. The number of nitriles is 1. The molecule has 4 nitrogen and oxygen atoms in total. The third-order valence-corrected chi connectivity index (χ3v) is 11.3. The van der Waals surface area contributed by atoms with Crippen molar-refractivity contribution >= 4 is 22.9 Å². The van der Waals surface area contributed by atoms with Crippen molar-refractivity contribution in [1.82, 2.24) is 4.90 Å². The number of piperidine rings is 1. The van der Waals surface area contributed by atoms with Crippen molar-refractivity contribution in [2.75, 3.05) is 26.2 Å². The van der Waals surface area contributed by atoms with Gasteiger partial charge < -0.3 is 4.90 Å². The SMILES string of the molecule is N#Cc1ccccc1CC1CCc2c3c(ccc2=C1C1=NCC2=c4c[c]ccc4=NC2=C1)=c1ccccc1=CC3CCN1CCCCC1. The average molecular weight is 624 g/mol. The molecule has 0 amide bonds. The number of rotatable bonds is 6. The molecule has 235 valence electrons. The van der Waals surface area contributed by atoms with Crippen LogP contribution in [0.4, 0.5) is 0 Å². The Kier molecular flexibility index (Phi) is 7.51. The van der Waals surface area contributed by atoms with Gasteiger partial charge in [0.05, 0.1) is 34.9 Å². The van der Waals surface area contributed by atoms with Crippen LogP contribution in [0.3, 0.4) is 0 Å². The van der Waals surface area contributed by atoms with Crippen LogP contribution in [0, 0.1) is 33.8 Å². The Bertz CT molecular complexity index is 2420. The van der Waals surface area contributed by atoms with Crippen LogP contribution in [0.1, 0.15) is 60.3 Å². The fourth-order valence-electron chi connectivity index (χ4n) is 8.96. The molecule has 0 spiro atoms. The maximum absolute atomic E-state index is 9.98. The first-order valence-electron chi connectivity index (χ1n) is 17.8. The lowest BCUT2D eigenvalue weighted by Crippen LogP contribution is -2.34. The van der Waals surface area contributed by atoms with Gasteiger partial charge in [-0.15, -0.1) is 0 Å². The standard InChI is InChI=1S/C44H39N4/c45-27-33-12-3-2-10-29(33)24-31-16-17-37-38(44(31)42-26-41-39(28-46-42)35-14-6-7-15-40(35)47-41)19-18-36-34-13-5-4-11-30(34)25-32(43(36)37)20-23-48-21-8-1-9-22-48/h2-5,7,10-15,18-19,25-26,31-32H,1,8-9,16-17,20-24,28H2. The maximum Gasteiger partial charge on any atom is 0.0994 e. The molecule has 3 aliphatic heterocycles. The second kappa shape index (κ2) is 12.3. The number of aliphatic imine (C=N–C) groups is 1. The number of dihydropyridines is 1. The molecule has 4 aromatic carbocycles. The Morgan fingerprint density at radius 1 is 0.896 bits per heavy atom. The molecule has 2 unspecified atom stereocenters. The summed E-state index contributed by atoms with van der Waals surface area (Å²) in [4.78, 5) is 13.0. The summed E-state index contributed by atoms with van der Waals surface area (Å²) in [6, 6.07) is 33.6. The number of benzene rings is 4. The fourth-order valence-corrected chi connectivity index (χ4v) is 8.96. The third-order valence-electron chi connectivity index (χ3n) is 11.3. The van der Waals surface area contributed by atoms with Gasteiger partial charge in [-0.05, 0) is 138 Å². The van der Waals surface area contributed by atoms with Crippen LogP contribution < -0.4 is 21.0 Å². The summed E-state index contributed by atoms with van der Waals surface area (Å²) in [6.45, 7) is 4.23. The molecular formula is C44H39N4. The van der Waals surface area contributed by atoms with E-state index in [4.69, 9.17) is 9.98 Å². The van der Waals surface area contributed by atoms with Gasteiger partial charge in [-0.1, -0.05) is 73.2 Å². The van der Waals surface area contributed by atoms with Crippen LogP contribution in [0.15, 0.2) is 101 Å². The number of allylic oxidation sites excluding steroid dienone is 1. The highest BCUT2D eigenvalue weighted by Crippen LogP contribution is 2.36. The summed E-state index contributed by atoms with van der Waals surface area (Å²) >= 11 is 0. The second-order valence-electron chi connectivity index (χ2n) is 14.0. The molecule has 4 aromatic rings. The van der Waals surface area contributed by atoms with Gasteiger partial charge in [-0.25, -0.2) is 4.99 Å². The predicted octanol–water partition coefficient (Wildman–Crippen LogP) is 5.18. The predicted molar refractivity (Wildman–Crippen MR) is 192 cm³/mol. The van der Waals surface area contributed by atoms with E-state index in [0.29, 0.717) is 12.5 Å². The van der Waals surface area contributed by atoms with E-state index in [2.05, 4.69) is 83.8 Å². The minimum Gasteiger partial charge on any atom is -0.303 e. The van der Waals surface area contributed by atoms with Crippen molar-refractivity contribution in [3.8, 4) is 6.07 Å². The van der Waals surface area contributed by atoms with E-state index < -0.39 is 0 Å². The molecule has 0 bridgehead atoms. The van der Waals surface area contributed by atoms with Gasteiger partial charge in [0.2, 0.25) is 0 Å². The van der Waals surface area contributed by atoms with E-state index in [-0.39, 0.29) is 5.92 Å². The second-order valence-corrected chi connectivity index (χ2v) is 14.0. The van der Waals surface area contributed by atoms with E-state index in [1.807, 2.05) is 24.3 Å². The molecule has 0 aromatic heterocycles. The van der Waals surface area contributed by atoms with Gasteiger partial charge >= 0.3 is 0 Å². The van der Waals surface area contributed by atoms with E-state index in [1.54, 1.807) is 0 Å². The van der Waals surface area contributed by atoms with Crippen molar-refractivity contribution < 1.29 is 0 Å². The molecule has 2 atom stereocenters. The van der Waals surface area contributed by atoms with Gasteiger partial charge in [0.15, 0.2) is 0 Å². The van der Waals surface area contributed by atoms with Crippen molar-refractivity contribution in [3.63, 3.8) is 0 Å². The molecule has 5 aliphatic rings. The normalized spacial score (nSPS) is 20.9. The highest BCUT2D eigenvalue weighted by molar-refractivity contribution is 6.27. The molecule has 1 fully saturated rings. The lowest BCUT2D eigenvalue weighted by molar-refractivity contribution is 0.224. The number of fused-ring (bicyclic) bond motifs is 6. The number of hydrogen-bond acceptors (Lipinski definition) is 4. The summed E-state index contributed by atoms with van der Waals surface area (Å²) in [5.74, 6) is 0.636. The van der Waals surface area contributed by atoms with E-state index in [0.717, 1.165) is 65.3 Å². The minimum absolute atomic E-state index is 0.256. The lowest BCUT2D eigenvalue weighted by Gasteiger charge is -2.32. The van der Waals surface area contributed by atoms with E-state index >= 15 is 0 Å². The van der Waals surface area contributed by atoms with Crippen LogP contribution in [-0.2, 0) is 12.8 Å². The number of nitrogens with zero attached hydrogens (tertiary/aromatic N) is 4. The summed E-state index contributed by atoms with van der Waals surface area (Å²) in [6.07, 6.45) is 12.8. The summed E-state index contributed by atoms with van der Waals surface area (Å²) < 4.78 is 0. The zero-order chi connectivity index (χ0) is 32.0. The molecule has 0 N–H and O–H groups in total. The Hall–Kier alpha value is -4.85. The van der Waals surface area contributed by atoms with Crippen molar-refractivity contribution in [2.45, 2.75) is 50.9 Å². The fraction of sp³-hybridized carbons (Fsp3) is 0.295. The molecule has 1 radical (unpaired) electrons. The average Bonchev–Trinajstić information content (AvgIpc) is 3.52. The first kappa shape index (κ1) is 29.3. The highest BCUT2D eigenvalue weighted by atomic mass is 15.1. The number of likely N-dealkylation sites (tertiary alicyclic amines) is 1. The Morgan fingerprint density at radius 3 is 2.67 bits per heavy atom. The molecule has 3 heterocycles. The van der Waals surface area contributed by atoms with Crippen LogP contribution in [-0.4, -0.2) is 36.8 Å². The van der Waals surface area contributed by atoms with Gasteiger partial charge in [-0.3, -0.25) is 4.99 Å². The zero-order valence-corrected chi connectivity index (χ0v) is 27.4. The molecular weight excluding hydrogens is 585 g/mol. The van der Waals surface area contributed by atoms with Gasteiger partial charge in [0, 0.05) is 16.7 Å². The van der Waals surface area contributed by atoms with Gasteiger partial charge in [-0.2, -0.15) is 5.26 Å². The van der Waals surface area contributed by atoms with Crippen molar-refractivity contribution in [2.24, 2.45) is 15.9 Å². The smallest absolute Gasteiger partial charge is 0.0994 e. The Morgan fingerprint density at radius 2 is 1.75 bits per heavy atom. The molecule has 48 heavy (non-hydrogen) atoms. The summed E-state index contributed by atoms with van der Waals surface area (Å²) in [5.41, 5.74) is 9.53. The van der Waals surface area contributed by atoms with Crippen LogP contribution >= 0.6 is 0 Å². The Labute approximate surface area is 281 Å². The van der Waals surface area contributed by atoms with Crippen molar-refractivity contribution in [1.29, 1.82) is 5.26 Å². The van der Waals surface area contributed by atoms with Crippen LogP contribution in [0.25, 0.3) is 17.2 Å². The molecule has 1 saturated heterocycles. The topological polar surface area (TPSA) is 51.8 Å². The monoisotopic (exact) mass is 623 g/mol. The third kappa shape index (κ3) is 5.09. The van der Waals surface area contributed by atoms with Crippen molar-refractivity contribution in [3.05, 3.63) is 150 Å². The largest absolute Gasteiger partial charge is 0.303 e. The molecule has 9 rings (SSSR count). The highest BCUT2D eigenvalue weighted by Gasteiger charge is 2.31. The molecule has 4 heteroatoms. The number of hydrogen-bond donors (Lipinski definition) is 0.